The zero-order valence-corrected chi connectivity index (χ0v) is 14.0. The van der Waals surface area contributed by atoms with Crippen molar-refractivity contribution in [2.45, 2.75) is 12.8 Å². The van der Waals surface area contributed by atoms with E-state index in [1.54, 1.807) is 22.4 Å². The number of hydrogen-bond acceptors (Lipinski definition) is 5. The van der Waals surface area contributed by atoms with E-state index in [0.717, 1.165) is 18.4 Å². The van der Waals surface area contributed by atoms with Crippen molar-refractivity contribution >= 4 is 34.6 Å². The fourth-order valence-electron chi connectivity index (χ4n) is 2.87. The van der Waals surface area contributed by atoms with Crippen LogP contribution in [-0.2, 0) is 16.0 Å². The molecule has 0 unspecified atom stereocenters. The number of carbonyl (C=O) groups is 2. The molecule has 2 aromatic rings. The summed E-state index contributed by atoms with van der Waals surface area (Å²) in [5.41, 5.74) is 1.83. The van der Waals surface area contributed by atoms with E-state index in [1.165, 1.54) is 24.5 Å². The molecule has 1 N–H and O–H groups in total. The molecule has 0 saturated carbocycles. The quantitative estimate of drug-likeness (QED) is 0.863. The highest BCUT2D eigenvalue weighted by Gasteiger charge is 2.23. The number of fused-ring (bicyclic) bond motifs is 1. The summed E-state index contributed by atoms with van der Waals surface area (Å²) in [6, 6.07) is 6.63. The number of nitrogens with one attached hydrogen (secondary N) is 1. The van der Waals surface area contributed by atoms with Crippen molar-refractivity contribution in [3.8, 4) is 0 Å². The van der Waals surface area contributed by atoms with Crippen LogP contribution in [0.2, 0.25) is 0 Å². The standard InChI is InChI=1S/C17H17FN2O3S/c1-23-17(22)16-13(7-9-24-16)19-14(21)10-20-8-3-5-11-4-2-6-12(18)15(11)20/h2,4,6-7,9H,3,5,8,10H2,1H3,(H,19,21). The molecular formula is C17H17FN2O3S. The second-order valence-corrected chi connectivity index (χ2v) is 6.39. The van der Waals surface area contributed by atoms with Crippen LogP contribution in [0.25, 0.3) is 0 Å². The molecule has 5 nitrogen and oxygen atoms in total. The highest BCUT2D eigenvalue weighted by atomic mass is 32.1. The summed E-state index contributed by atoms with van der Waals surface area (Å²) < 4.78 is 18.8. The second kappa shape index (κ2) is 7.00. The summed E-state index contributed by atoms with van der Waals surface area (Å²) in [6.45, 7) is 0.652. The van der Waals surface area contributed by atoms with E-state index in [1.807, 2.05) is 6.07 Å². The first kappa shape index (κ1) is 16.4. The predicted molar refractivity (Wildman–Crippen MR) is 91.2 cm³/mol. The summed E-state index contributed by atoms with van der Waals surface area (Å²) in [6.07, 6.45) is 1.68. The lowest BCUT2D eigenvalue weighted by Gasteiger charge is -2.31. The predicted octanol–water partition coefficient (Wildman–Crippen LogP) is 3.07. The Morgan fingerprint density at radius 3 is 3.00 bits per heavy atom. The average Bonchev–Trinajstić information content (AvgIpc) is 3.02. The molecular weight excluding hydrogens is 331 g/mol. The number of para-hydroxylation sites is 1. The van der Waals surface area contributed by atoms with Gasteiger partial charge in [-0.15, -0.1) is 11.3 Å². The topological polar surface area (TPSA) is 58.6 Å². The van der Waals surface area contributed by atoms with E-state index in [0.29, 0.717) is 22.8 Å². The number of anilines is 2. The van der Waals surface area contributed by atoms with Gasteiger partial charge in [0.05, 0.1) is 25.0 Å². The number of aryl methyl sites for hydroxylation is 1. The molecule has 1 aromatic heterocycles. The maximum absolute atomic E-state index is 14.1. The minimum Gasteiger partial charge on any atom is -0.465 e. The van der Waals surface area contributed by atoms with Gasteiger partial charge in [-0.05, 0) is 35.9 Å². The zero-order valence-electron chi connectivity index (χ0n) is 13.2. The van der Waals surface area contributed by atoms with Gasteiger partial charge >= 0.3 is 5.97 Å². The van der Waals surface area contributed by atoms with E-state index in [-0.39, 0.29) is 18.3 Å². The van der Waals surface area contributed by atoms with Crippen LogP contribution in [0.3, 0.4) is 0 Å². The van der Waals surface area contributed by atoms with Crippen LogP contribution in [0.5, 0.6) is 0 Å². The monoisotopic (exact) mass is 348 g/mol. The van der Waals surface area contributed by atoms with Gasteiger partial charge in [-0.1, -0.05) is 12.1 Å². The molecule has 2 heterocycles. The number of nitrogens with zero attached hydrogens (tertiary/aromatic N) is 1. The van der Waals surface area contributed by atoms with Crippen LogP contribution in [0.15, 0.2) is 29.6 Å². The third-order valence-electron chi connectivity index (χ3n) is 3.91. The number of rotatable bonds is 4. The molecule has 3 rings (SSSR count). The number of amides is 1. The van der Waals surface area contributed by atoms with Crippen LogP contribution >= 0.6 is 11.3 Å². The first-order valence-electron chi connectivity index (χ1n) is 7.58. The van der Waals surface area contributed by atoms with E-state index < -0.39 is 5.97 Å². The molecule has 126 valence electrons. The number of thiophene rings is 1. The molecule has 1 aliphatic rings. The molecule has 1 aromatic carbocycles. The molecule has 0 fully saturated rings. The van der Waals surface area contributed by atoms with Crippen molar-refractivity contribution < 1.29 is 18.7 Å². The fraction of sp³-hybridized carbons (Fsp3) is 0.294. The summed E-state index contributed by atoms with van der Waals surface area (Å²) in [7, 11) is 1.29. The number of methoxy groups -OCH3 is 1. The van der Waals surface area contributed by atoms with Crippen LogP contribution in [-0.4, -0.2) is 32.1 Å². The Labute approximate surface area is 143 Å². The Morgan fingerprint density at radius 1 is 1.38 bits per heavy atom. The largest absolute Gasteiger partial charge is 0.465 e. The molecule has 7 heteroatoms. The average molecular weight is 348 g/mol. The minimum atomic E-state index is -0.491. The smallest absolute Gasteiger partial charge is 0.350 e. The lowest BCUT2D eigenvalue weighted by atomic mass is 10.0. The number of esters is 1. The number of hydrogen-bond donors (Lipinski definition) is 1. The molecule has 0 saturated heterocycles. The van der Waals surface area contributed by atoms with E-state index in [4.69, 9.17) is 0 Å². The Morgan fingerprint density at radius 2 is 2.21 bits per heavy atom. The molecule has 1 aliphatic heterocycles. The highest BCUT2D eigenvalue weighted by Crippen LogP contribution is 2.30. The van der Waals surface area contributed by atoms with Crippen molar-refractivity contribution in [3.63, 3.8) is 0 Å². The van der Waals surface area contributed by atoms with E-state index in [2.05, 4.69) is 10.1 Å². The van der Waals surface area contributed by atoms with Gasteiger partial charge in [0.1, 0.15) is 10.7 Å². The third kappa shape index (κ3) is 3.26. The van der Waals surface area contributed by atoms with Gasteiger partial charge in [-0.2, -0.15) is 0 Å². The van der Waals surface area contributed by atoms with Crippen molar-refractivity contribution in [2.24, 2.45) is 0 Å². The maximum atomic E-state index is 14.1. The Kier molecular flexibility index (Phi) is 4.80. The summed E-state index contributed by atoms with van der Waals surface area (Å²) in [4.78, 5) is 26.1. The van der Waals surface area contributed by atoms with Gasteiger partial charge in [0.2, 0.25) is 5.91 Å². The molecule has 0 spiro atoms. The number of ether oxygens (including phenoxy) is 1. The van der Waals surface area contributed by atoms with Gasteiger partial charge in [-0.25, -0.2) is 9.18 Å². The molecule has 0 atom stereocenters. The molecule has 0 aliphatic carbocycles. The SMILES string of the molecule is COC(=O)c1sccc1NC(=O)CN1CCCc2cccc(F)c21. The summed E-state index contributed by atoms with van der Waals surface area (Å²) >= 11 is 1.20. The Hall–Kier alpha value is -2.41. The lowest BCUT2D eigenvalue weighted by molar-refractivity contribution is -0.115. The normalized spacial score (nSPS) is 13.3. The second-order valence-electron chi connectivity index (χ2n) is 5.48. The van der Waals surface area contributed by atoms with Gasteiger partial charge in [-0.3, -0.25) is 4.79 Å². The van der Waals surface area contributed by atoms with Gasteiger partial charge in [0.15, 0.2) is 0 Å². The van der Waals surface area contributed by atoms with Crippen molar-refractivity contribution in [2.75, 3.05) is 30.4 Å². The van der Waals surface area contributed by atoms with Crippen LogP contribution in [0.4, 0.5) is 15.8 Å². The van der Waals surface area contributed by atoms with Gasteiger partial charge < -0.3 is 15.0 Å². The molecule has 0 bridgehead atoms. The first-order valence-corrected chi connectivity index (χ1v) is 8.46. The van der Waals surface area contributed by atoms with Crippen LogP contribution in [0, 0.1) is 5.82 Å². The van der Waals surface area contributed by atoms with Crippen LogP contribution in [0.1, 0.15) is 21.7 Å². The van der Waals surface area contributed by atoms with Crippen molar-refractivity contribution in [1.29, 1.82) is 0 Å². The van der Waals surface area contributed by atoms with E-state index in [9.17, 15) is 14.0 Å². The Balaban J connectivity index is 1.73. The number of carbonyl (C=O) groups excluding carboxylic acids is 2. The number of benzene rings is 1. The fourth-order valence-corrected chi connectivity index (χ4v) is 3.63. The summed E-state index contributed by atoms with van der Waals surface area (Å²) in [5.74, 6) is -1.10. The highest BCUT2D eigenvalue weighted by molar-refractivity contribution is 7.12. The summed E-state index contributed by atoms with van der Waals surface area (Å²) in [5, 5.41) is 4.42. The van der Waals surface area contributed by atoms with E-state index >= 15 is 0 Å². The van der Waals surface area contributed by atoms with Gasteiger partial charge in [0, 0.05) is 6.54 Å². The third-order valence-corrected chi connectivity index (χ3v) is 4.80. The maximum Gasteiger partial charge on any atom is 0.350 e. The molecule has 1 amide bonds. The van der Waals surface area contributed by atoms with Crippen molar-refractivity contribution in [1.82, 2.24) is 0 Å². The molecule has 24 heavy (non-hydrogen) atoms. The zero-order chi connectivity index (χ0) is 17.1. The Bertz CT molecular complexity index is 775. The molecule has 0 radical (unpaired) electrons. The van der Waals surface area contributed by atoms with Crippen molar-refractivity contribution in [3.05, 3.63) is 45.9 Å². The lowest BCUT2D eigenvalue weighted by Crippen LogP contribution is -2.37. The van der Waals surface area contributed by atoms with Crippen LogP contribution < -0.4 is 10.2 Å². The number of halogens is 1. The minimum absolute atomic E-state index is 0.0321. The first-order chi connectivity index (χ1) is 11.6. The van der Waals surface area contributed by atoms with Gasteiger partial charge in [0.25, 0.3) is 0 Å².